The largest absolute Gasteiger partial charge is 0.364 e. The molecular weight excluding hydrogens is 280 g/mol. The lowest BCUT2D eigenvalue weighted by Gasteiger charge is -2.36. The van der Waals surface area contributed by atoms with Crippen LogP contribution in [0.1, 0.15) is 13.8 Å². The zero-order valence-electron chi connectivity index (χ0n) is 10.4. The van der Waals surface area contributed by atoms with Gasteiger partial charge in [-0.3, -0.25) is 4.79 Å². The van der Waals surface area contributed by atoms with Crippen molar-refractivity contribution in [1.29, 1.82) is 0 Å². The monoisotopic (exact) mass is 296 g/mol. The second-order valence-corrected chi connectivity index (χ2v) is 5.80. The summed E-state index contributed by atoms with van der Waals surface area (Å²) in [6.45, 7) is 5.49. The van der Waals surface area contributed by atoms with E-state index in [0.29, 0.717) is 12.5 Å². The molecule has 0 unspecified atom stereocenters. The molecule has 0 radical (unpaired) electrons. The van der Waals surface area contributed by atoms with Gasteiger partial charge in [0.05, 0.1) is 17.9 Å². The normalized spacial score (nSPS) is 15.5. The Morgan fingerprint density at radius 2 is 2.06 bits per heavy atom. The van der Waals surface area contributed by atoms with E-state index in [1.807, 2.05) is 29.0 Å². The number of benzene rings is 1. The average molecular weight is 297 g/mol. The molecule has 0 saturated carbocycles. The molecule has 0 N–H and O–H groups in total. The number of fused-ring (bicyclic) bond motifs is 1. The molecule has 4 heteroatoms. The van der Waals surface area contributed by atoms with Crippen molar-refractivity contribution in [2.45, 2.75) is 13.8 Å². The van der Waals surface area contributed by atoms with Crippen LogP contribution in [-0.4, -0.2) is 26.0 Å². The molecular formula is C13H17BrN2O. The molecule has 2 rings (SSSR count). The predicted octanol–water partition coefficient (Wildman–Crippen LogP) is 2.89. The van der Waals surface area contributed by atoms with Crippen molar-refractivity contribution in [3.63, 3.8) is 0 Å². The Hall–Kier alpha value is -1.03. The first kappa shape index (κ1) is 12.4. The summed E-state index contributed by atoms with van der Waals surface area (Å²) in [7, 11) is 1.95. The highest BCUT2D eigenvalue weighted by Crippen LogP contribution is 2.35. The van der Waals surface area contributed by atoms with Gasteiger partial charge >= 0.3 is 0 Å². The molecule has 0 bridgehead atoms. The van der Waals surface area contributed by atoms with Gasteiger partial charge in [-0.05, 0) is 24.1 Å². The second-order valence-electron chi connectivity index (χ2n) is 4.89. The Morgan fingerprint density at radius 1 is 1.35 bits per heavy atom. The van der Waals surface area contributed by atoms with E-state index in [1.54, 1.807) is 0 Å². The number of rotatable bonds is 2. The van der Waals surface area contributed by atoms with Gasteiger partial charge in [0, 0.05) is 18.1 Å². The molecule has 3 nitrogen and oxygen atoms in total. The van der Waals surface area contributed by atoms with E-state index in [-0.39, 0.29) is 5.91 Å². The topological polar surface area (TPSA) is 23.6 Å². The summed E-state index contributed by atoms with van der Waals surface area (Å²) >= 11 is 3.47. The smallest absolute Gasteiger partial charge is 0.246 e. The van der Waals surface area contributed by atoms with Crippen LogP contribution in [0, 0.1) is 5.92 Å². The van der Waals surface area contributed by atoms with Crippen LogP contribution in [0.15, 0.2) is 22.7 Å². The van der Waals surface area contributed by atoms with E-state index < -0.39 is 0 Å². The molecule has 0 fully saturated rings. The van der Waals surface area contributed by atoms with Crippen LogP contribution < -0.4 is 9.80 Å². The minimum Gasteiger partial charge on any atom is -0.364 e. The Balaban J connectivity index is 2.43. The summed E-state index contributed by atoms with van der Waals surface area (Å²) in [5.74, 6) is 0.648. The molecule has 0 atom stereocenters. The maximum Gasteiger partial charge on any atom is 0.246 e. The standard InChI is InChI=1S/C13H17BrN2O/c1-9(2)7-16-11-5-4-10(14)6-12(11)15(3)8-13(16)17/h4-6,9H,7-8H2,1-3H3. The molecule has 0 spiro atoms. The Kier molecular flexibility index (Phi) is 3.43. The van der Waals surface area contributed by atoms with Crippen LogP contribution >= 0.6 is 15.9 Å². The second kappa shape index (κ2) is 4.69. The van der Waals surface area contributed by atoms with Crippen molar-refractivity contribution < 1.29 is 4.79 Å². The van der Waals surface area contributed by atoms with Crippen molar-refractivity contribution in [3.05, 3.63) is 22.7 Å². The number of hydrogen-bond acceptors (Lipinski definition) is 2. The van der Waals surface area contributed by atoms with E-state index in [4.69, 9.17) is 0 Å². The first-order valence-electron chi connectivity index (χ1n) is 5.80. The SMILES string of the molecule is CC(C)CN1C(=O)CN(C)c2cc(Br)ccc21. The summed E-state index contributed by atoms with van der Waals surface area (Å²) in [6.07, 6.45) is 0. The average Bonchev–Trinajstić information content (AvgIpc) is 2.24. The lowest BCUT2D eigenvalue weighted by atomic mass is 10.1. The fourth-order valence-corrected chi connectivity index (χ4v) is 2.45. The molecule has 1 aliphatic rings. The van der Waals surface area contributed by atoms with Crippen LogP contribution in [0.3, 0.4) is 0 Å². The lowest BCUT2D eigenvalue weighted by molar-refractivity contribution is -0.117. The molecule has 92 valence electrons. The van der Waals surface area contributed by atoms with Gasteiger partial charge in [-0.25, -0.2) is 0 Å². The van der Waals surface area contributed by atoms with Gasteiger partial charge in [0.2, 0.25) is 5.91 Å². The van der Waals surface area contributed by atoms with Gasteiger partial charge in [0.25, 0.3) is 0 Å². The Bertz CT molecular complexity index is 445. The zero-order valence-corrected chi connectivity index (χ0v) is 12.0. The van der Waals surface area contributed by atoms with Gasteiger partial charge < -0.3 is 9.80 Å². The summed E-state index contributed by atoms with van der Waals surface area (Å²) in [5.41, 5.74) is 2.13. The molecule has 0 aliphatic carbocycles. The molecule has 1 aromatic carbocycles. The Labute approximate surface area is 111 Å². The Morgan fingerprint density at radius 3 is 2.71 bits per heavy atom. The molecule has 1 aliphatic heterocycles. The van der Waals surface area contributed by atoms with Crippen LogP contribution in [0.2, 0.25) is 0 Å². The minimum atomic E-state index is 0.177. The van der Waals surface area contributed by atoms with Crippen LogP contribution in [0.25, 0.3) is 0 Å². The van der Waals surface area contributed by atoms with Gasteiger partial charge in [0.1, 0.15) is 0 Å². The van der Waals surface area contributed by atoms with Gasteiger partial charge in [-0.1, -0.05) is 29.8 Å². The molecule has 0 aromatic heterocycles. The number of amides is 1. The molecule has 1 heterocycles. The summed E-state index contributed by atoms with van der Waals surface area (Å²) in [4.78, 5) is 16.0. The van der Waals surface area contributed by atoms with Crippen molar-refractivity contribution in [3.8, 4) is 0 Å². The van der Waals surface area contributed by atoms with Crippen molar-refractivity contribution in [2.75, 3.05) is 29.9 Å². The lowest BCUT2D eigenvalue weighted by Crippen LogP contribution is -2.45. The number of nitrogens with zero attached hydrogens (tertiary/aromatic N) is 2. The van der Waals surface area contributed by atoms with E-state index in [9.17, 15) is 4.79 Å². The molecule has 17 heavy (non-hydrogen) atoms. The van der Waals surface area contributed by atoms with E-state index in [0.717, 1.165) is 22.4 Å². The molecule has 1 aromatic rings. The minimum absolute atomic E-state index is 0.177. The maximum atomic E-state index is 12.1. The van der Waals surface area contributed by atoms with Crippen LogP contribution in [-0.2, 0) is 4.79 Å². The quantitative estimate of drug-likeness (QED) is 0.838. The first-order valence-corrected chi connectivity index (χ1v) is 6.59. The summed E-state index contributed by atoms with van der Waals surface area (Å²) in [6, 6.07) is 6.06. The number of hydrogen-bond donors (Lipinski definition) is 0. The van der Waals surface area contributed by atoms with Gasteiger partial charge in [-0.15, -0.1) is 0 Å². The molecule has 1 amide bonds. The third-order valence-electron chi connectivity index (χ3n) is 2.86. The summed E-state index contributed by atoms with van der Waals surface area (Å²) in [5, 5.41) is 0. The van der Waals surface area contributed by atoms with E-state index >= 15 is 0 Å². The number of carbonyl (C=O) groups excluding carboxylic acids is 1. The fraction of sp³-hybridized carbons (Fsp3) is 0.462. The number of anilines is 2. The maximum absolute atomic E-state index is 12.1. The van der Waals surface area contributed by atoms with Crippen molar-refractivity contribution in [2.24, 2.45) is 5.92 Å². The predicted molar refractivity (Wildman–Crippen MR) is 74.6 cm³/mol. The van der Waals surface area contributed by atoms with Gasteiger partial charge in [0.15, 0.2) is 0 Å². The van der Waals surface area contributed by atoms with Crippen LogP contribution in [0.4, 0.5) is 11.4 Å². The third kappa shape index (κ3) is 2.46. The number of carbonyl (C=O) groups is 1. The highest BCUT2D eigenvalue weighted by atomic mass is 79.9. The molecule has 0 saturated heterocycles. The highest BCUT2D eigenvalue weighted by molar-refractivity contribution is 9.10. The van der Waals surface area contributed by atoms with Crippen LogP contribution in [0.5, 0.6) is 0 Å². The third-order valence-corrected chi connectivity index (χ3v) is 3.35. The number of halogens is 1. The van der Waals surface area contributed by atoms with E-state index in [2.05, 4.69) is 35.8 Å². The zero-order chi connectivity index (χ0) is 12.6. The van der Waals surface area contributed by atoms with Gasteiger partial charge in [-0.2, -0.15) is 0 Å². The van der Waals surface area contributed by atoms with Crippen molar-refractivity contribution in [1.82, 2.24) is 0 Å². The highest BCUT2D eigenvalue weighted by Gasteiger charge is 2.27. The van der Waals surface area contributed by atoms with Crippen molar-refractivity contribution >= 4 is 33.2 Å². The fourth-order valence-electron chi connectivity index (χ4n) is 2.10. The first-order chi connectivity index (χ1) is 7.99. The summed E-state index contributed by atoms with van der Waals surface area (Å²) < 4.78 is 1.04. The van der Waals surface area contributed by atoms with E-state index in [1.165, 1.54) is 0 Å². The number of likely N-dealkylation sites (N-methyl/N-ethyl adjacent to an activating group) is 1.